The first kappa shape index (κ1) is 15.9. The van der Waals surface area contributed by atoms with E-state index in [1.165, 1.54) is 16.7 Å². The smallest absolute Gasteiger partial charge is 0.326 e. The molecule has 0 spiro atoms. The number of carbonyl (C=O) groups is 2. The van der Waals surface area contributed by atoms with E-state index in [4.69, 9.17) is 4.74 Å². The summed E-state index contributed by atoms with van der Waals surface area (Å²) in [7, 11) is 1.62. The summed E-state index contributed by atoms with van der Waals surface area (Å²) in [5.74, 6) is -0.0579. The van der Waals surface area contributed by atoms with Gasteiger partial charge in [-0.1, -0.05) is 24.3 Å². The van der Waals surface area contributed by atoms with Crippen LogP contribution in [-0.4, -0.2) is 53.1 Å². The molecule has 114 valence electrons. The number of hydrogen-bond acceptors (Lipinski definition) is 4. The summed E-state index contributed by atoms with van der Waals surface area (Å²) in [4.78, 5) is 25.2. The lowest BCUT2D eigenvalue weighted by Gasteiger charge is -2.34. The topological polar surface area (TPSA) is 66.8 Å². The predicted molar refractivity (Wildman–Crippen MR) is 81.3 cm³/mol. The van der Waals surface area contributed by atoms with Gasteiger partial charge in [0.25, 0.3) is 0 Å². The highest BCUT2D eigenvalue weighted by Gasteiger charge is 2.34. The van der Waals surface area contributed by atoms with Gasteiger partial charge in [-0.25, -0.2) is 4.79 Å². The van der Waals surface area contributed by atoms with Gasteiger partial charge in [-0.2, -0.15) is 0 Å². The molecule has 0 saturated heterocycles. The van der Waals surface area contributed by atoms with Gasteiger partial charge in [-0.3, -0.25) is 4.79 Å². The van der Waals surface area contributed by atoms with Gasteiger partial charge in [0.2, 0.25) is 5.91 Å². The maximum Gasteiger partial charge on any atom is 0.326 e. The van der Waals surface area contributed by atoms with Gasteiger partial charge in [0, 0.05) is 25.8 Å². The van der Waals surface area contributed by atoms with Gasteiger partial charge in [0.1, 0.15) is 6.04 Å². The van der Waals surface area contributed by atoms with E-state index in [-0.39, 0.29) is 11.7 Å². The number of amides is 1. The van der Waals surface area contributed by atoms with Crippen molar-refractivity contribution in [1.29, 1.82) is 0 Å². The molecular weight excluding hydrogens is 290 g/mol. The number of benzene rings is 1. The molecule has 1 aliphatic heterocycles. The molecule has 1 amide bonds. The van der Waals surface area contributed by atoms with Crippen LogP contribution in [0, 0.1) is 0 Å². The van der Waals surface area contributed by atoms with Crippen molar-refractivity contribution in [2.24, 2.45) is 0 Å². The highest BCUT2D eigenvalue weighted by molar-refractivity contribution is 7.99. The van der Waals surface area contributed by atoms with Gasteiger partial charge in [0.15, 0.2) is 0 Å². The summed E-state index contributed by atoms with van der Waals surface area (Å²) in [5.41, 5.74) is 2.05. The minimum absolute atomic E-state index is 0.127. The molecule has 0 aliphatic carbocycles. The van der Waals surface area contributed by atoms with Crippen LogP contribution in [0.1, 0.15) is 11.1 Å². The van der Waals surface area contributed by atoms with Crippen molar-refractivity contribution in [3.63, 3.8) is 0 Å². The Kier molecular flexibility index (Phi) is 5.64. The van der Waals surface area contributed by atoms with E-state index in [0.29, 0.717) is 19.6 Å². The minimum Gasteiger partial charge on any atom is -0.480 e. The third kappa shape index (κ3) is 3.98. The van der Waals surface area contributed by atoms with Crippen molar-refractivity contribution >= 4 is 23.6 Å². The molecule has 0 radical (unpaired) electrons. The maximum absolute atomic E-state index is 12.3. The van der Waals surface area contributed by atoms with E-state index in [0.717, 1.165) is 16.9 Å². The quantitative estimate of drug-likeness (QED) is 0.805. The third-order valence-corrected chi connectivity index (χ3v) is 4.42. The molecule has 1 N–H and O–H groups in total. The molecule has 2 rings (SSSR count). The lowest BCUT2D eigenvalue weighted by atomic mass is 9.94. The summed E-state index contributed by atoms with van der Waals surface area (Å²) >= 11 is 1.47. The monoisotopic (exact) mass is 309 g/mol. The van der Waals surface area contributed by atoms with Gasteiger partial charge >= 0.3 is 5.97 Å². The summed E-state index contributed by atoms with van der Waals surface area (Å²) in [6, 6.07) is 6.92. The van der Waals surface area contributed by atoms with Crippen LogP contribution in [0.25, 0.3) is 0 Å². The molecule has 0 fully saturated rings. The van der Waals surface area contributed by atoms with Crippen LogP contribution in [0.4, 0.5) is 0 Å². The standard InChI is InChI=1S/C15H19NO4S/c1-20-6-7-21-10-14(17)16-9-12-5-3-2-4-11(12)8-13(16)15(18)19/h2-5,13H,6-10H2,1H3,(H,18,19)/t13-/m0/s1. The lowest BCUT2D eigenvalue weighted by Crippen LogP contribution is -2.49. The second-order valence-corrected chi connectivity index (χ2v) is 6.00. The molecule has 1 aromatic rings. The Balaban J connectivity index is 2.06. The Labute approximate surface area is 128 Å². The van der Waals surface area contributed by atoms with Crippen molar-refractivity contribution in [2.45, 2.75) is 19.0 Å². The Morgan fingerprint density at radius 3 is 2.76 bits per heavy atom. The van der Waals surface area contributed by atoms with E-state index < -0.39 is 12.0 Å². The molecule has 5 nitrogen and oxygen atoms in total. The van der Waals surface area contributed by atoms with E-state index >= 15 is 0 Å². The molecule has 1 aliphatic rings. The first-order chi connectivity index (χ1) is 10.1. The van der Waals surface area contributed by atoms with Crippen LogP contribution in [0.3, 0.4) is 0 Å². The number of rotatable bonds is 6. The highest BCUT2D eigenvalue weighted by atomic mass is 32.2. The first-order valence-corrected chi connectivity index (χ1v) is 7.94. The zero-order valence-corrected chi connectivity index (χ0v) is 12.8. The van der Waals surface area contributed by atoms with Crippen LogP contribution in [0.2, 0.25) is 0 Å². The number of aliphatic carboxylic acids is 1. The number of fused-ring (bicyclic) bond motifs is 1. The third-order valence-electron chi connectivity index (χ3n) is 3.51. The van der Waals surface area contributed by atoms with Gasteiger partial charge in [0.05, 0.1) is 12.4 Å². The normalized spacial score (nSPS) is 17.4. The van der Waals surface area contributed by atoms with Crippen LogP contribution in [-0.2, 0) is 27.3 Å². The summed E-state index contributed by atoms with van der Waals surface area (Å²) < 4.78 is 4.94. The summed E-state index contributed by atoms with van der Waals surface area (Å²) in [6.07, 6.45) is 0.375. The average Bonchev–Trinajstić information content (AvgIpc) is 2.50. The average molecular weight is 309 g/mol. The fraction of sp³-hybridized carbons (Fsp3) is 0.467. The summed E-state index contributed by atoms with van der Waals surface area (Å²) in [6.45, 7) is 0.958. The van der Waals surface area contributed by atoms with Crippen LogP contribution < -0.4 is 0 Å². The Bertz CT molecular complexity index is 520. The van der Waals surface area contributed by atoms with Crippen molar-refractivity contribution in [3.8, 4) is 0 Å². The van der Waals surface area contributed by atoms with Crippen molar-refractivity contribution in [3.05, 3.63) is 35.4 Å². The molecule has 0 saturated carbocycles. The van der Waals surface area contributed by atoms with Crippen molar-refractivity contribution in [2.75, 3.05) is 25.2 Å². The van der Waals surface area contributed by atoms with Crippen molar-refractivity contribution < 1.29 is 19.4 Å². The fourth-order valence-electron chi connectivity index (χ4n) is 2.39. The number of carboxylic acids is 1. The van der Waals surface area contributed by atoms with Gasteiger partial charge in [-0.15, -0.1) is 11.8 Å². The van der Waals surface area contributed by atoms with E-state index in [9.17, 15) is 14.7 Å². The van der Waals surface area contributed by atoms with Crippen LogP contribution in [0.5, 0.6) is 0 Å². The number of nitrogens with zero attached hydrogens (tertiary/aromatic N) is 1. The van der Waals surface area contributed by atoms with E-state index in [1.807, 2.05) is 24.3 Å². The number of carbonyl (C=O) groups excluding carboxylic acids is 1. The maximum atomic E-state index is 12.3. The zero-order chi connectivity index (χ0) is 15.2. The lowest BCUT2D eigenvalue weighted by molar-refractivity contribution is -0.150. The Morgan fingerprint density at radius 1 is 1.38 bits per heavy atom. The summed E-state index contributed by atoms with van der Waals surface area (Å²) in [5, 5.41) is 9.37. The molecule has 1 atom stereocenters. The number of ether oxygens (including phenoxy) is 1. The molecule has 1 aromatic carbocycles. The minimum atomic E-state index is -0.945. The largest absolute Gasteiger partial charge is 0.480 e. The number of carboxylic acid groups (broad SMARTS) is 1. The van der Waals surface area contributed by atoms with E-state index in [1.54, 1.807) is 7.11 Å². The Morgan fingerprint density at radius 2 is 2.10 bits per heavy atom. The SMILES string of the molecule is COCCSCC(=O)N1Cc2ccccc2C[C@H]1C(=O)O. The van der Waals surface area contributed by atoms with Crippen molar-refractivity contribution in [1.82, 2.24) is 4.90 Å². The molecule has 21 heavy (non-hydrogen) atoms. The second-order valence-electron chi connectivity index (χ2n) is 4.89. The number of hydrogen-bond donors (Lipinski definition) is 1. The second kappa shape index (κ2) is 7.47. The first-order valence-electron chi connectivity index (χ1n) is 6.79. The zero-order valence-electron chi connectivity index (χ0n) is 11.9. The predicted octanol–water partition coefficient (Wildman–Crippen LogP) is 1.40. The van der Waals surface area contributed by atoms with Crippen LogP contribution in [0.15, 0.2) is 24.3 Å². The molecule has 0 aromatic heterocycles. The Hall–Kier alpha value is -1.53. The molecule has 0 unspecified atom stereocenters. The number of methoxy groups -OCH3 is 1. The fourth-order valence-corrected chi connectivity index (χ4v) is 3.16. The molecule has 6 heteroatoms. The highest BCUT2D eigenvalue weighted by Crippen LogP contribution is 2.24. The molecule has 1 heterocycles. The van der Waals surface area contributed by atoms with Gasteiger partial charge < -0.3 is 14.7 Å². The van der Waals surface area contributed by atoms with Crippen LogP contribution >= 0.6 is 11.8 Å². The van der Waals surface area contributed by atoms with Gasteiger partial charge in [-0.05, 0) is 11.1 Å². The molecule has 0 bridgehead atoms. The number of thioether (sulfide) groups is 1. The molecular formula is C15H19NO4S. The van der Waals surface area contributed by atoms with E-state index in [2.05, 4.69) is 0 Å².